The first-order chi connectivity index (χ1) is 15.8. The minimum Gasteiger partial charge on any atom is -0.507 e. The van der Waals surface area contributed by atoms with Gasteiger partial charge in [-0.05, 0) is 24.1 Å². The van der Waals surface area contributed by atoms with Crippen LogP contribution in [0.2, 0.25) is 0 Å². The summed E-state index contributed by atoms with van der Waals surface area (Å²) in [6.07, 6.45) is -7.54. The first-order valence-electron chi connectivity index (χ1n) is 10.5. The molecular formula is C25H26O8. The maximum absolute atomic E-state index is 11.2. The highest BCUT2D eigenvalue weighted by Gasteiger charge is 2.45. The quantitative estimate of drug-likeness (QED) is 0.344. The Morgan fingerprint density at radius 2 is 1.52 bits per heavy atom. The highest BCUT2D eigenvalue weighted by molar-refractivity contribution is 5.87. The summed E-state index contributed by atoms with van der Waals surface area (Å²) in [5.74, 6) is -0.676. The Morgan fingerprint density at radius 3 is 2.15 bits per heavy atom. The van der Waals surface area contributed by atoms with Crippen LogP contribution in [0.4, 0.5) is 0 Å². The number of aryl methyl sites for hydroxylation is 1. The number of rotatable bonds is 5. The Kier molecular flexibility index (Phi) is 6.55. The van der Waals surface area contributed by atoms with Crippen LogP contribution in [0.15, 0.2) is 60.7 Å². The fourth-order valence-corrected chi connectivity index (χ4v) is 3.87. The molecule has 1 heterocycles. The molecule has 8 heteroatoms. The van der Waals surface area contributed by atoms with Gasteiger partial charge in [-0.2, -0.15) is 0 Å². The lowest BCUT2D eigenvalue weighted by Gasteiger charge is -2.39. The number of aliphatic hydroxyl groups excluding tert-OH is 4. The second-order valence-corrected chi connectivity index (χ2v) is 8.04. The minimum absolute atomic E-state index is 0.0982. The summed E-state index contributed by atoms with van der Waals surface area (Å²) in [7, 11) is 0. The molecule has 0 bridgehead atoms. The number of ether oxygens (including phenoxy) is 2. The van der Waals surface area contributed by atoms with E-state index in [2.05, 4.69) is 0 Å². The van der Waals surface area contributed by atoms with Crippen molar-refractivity contribution in [2.75, 3.05) is 6.61 Å². The van der Waals surface area contributed by atoms with E-state index in [0.717, 1.165) is 5.56 Å². The number of phenolic OH excluding ortho intramolecular Hbond substituents is 2. The van der Waals surface area contributed by atoms with Gasteiger partial charge >= 0.3 is 0 Å². The van der Waals surface area contributed by atoms with Crippen LogP contribution in [0, 0.1) is 6.92 Å². The van der Waals surface area contributed by atoms with E-state index in [1.807, 2.05) is 25.1 Å². The van der Waals surface area contributed by atoms with Crippen molar-refractivity contribution in [2.45, 2.75) is 37.6 Å². The standard InChI is InChI=1S/C25H26O8/c1-13-7-9-15(10-8-13)19-17(27)11-16(14-5-3-2-4-6-14)24(21(19)29)33-25-23(31)22(30)20(28)18(12-26)32-25/h2-11,18,20,22-23,25-31H,12H2,1H3. The first-order valence-corrected chi connectivity index (χ1v) is 10.5. The van der Waals surface area contributed by atoms with Gasteiger partial charge in [-0.1, -0.05) is 60.2 Å². The monoisotopic (exact) mass is 454 g/mol. The van der Waals surface area contributed by atoms with Crippen LogP contribution in [0.3, 0.4) is 0 Å². The van der Waals surface area contributed by atoms with Gasteiger partial charge in [0.05, 0.1) is 12.2 Å². The molecule has 3 aromatic rings. The summed E-state index contributed by atoms with van der Waals surface area (Å²) in [5.41, 5.74) is 2.58. The molecule has 0 amide bonds. The van der Waals surface area contributed by atoms with Crippen LogP contribution in [-0.2, 0) is 4.74 Å². The third kappa shape index (κ3) is 4.39. The van der Waals surface area contributed by atoms with Crippen LogP contribution in [0.1, 0.15) is 5.56 Å². The summed E-state index contributed by atoms with van der Waals surface area (Å²) in [4.78, 5) is 0. The number of benzene rings is 3. The second-order valence-electron chi connectivity index (χ2n) is 8.04. The molecule has 8 nitrogen and oxygen atoms in total. The highest BCUT2D eigenvalue weighted by atomic mass is 16.7. The van der Waals surface area contributed by atoms with Crippen molar-refractivity contribution in [2.24, 2.45) is 0 Å². The smallest absolute Gasteiger partial charge is 0.229 e. The molecule has 0 radical (unpaired) electrons. The van der Waals surface area contributed by atoms with E-state index in [1.54, 1.807) is 36.4 Å². The molecular weight excluding hydrogens is 428 g/mol. The van der Waals surface area contributed by atoms with Crippen molar-refractivity contribution in [3.8, 4) is 39.5 Å². The van der Waals surface area contributed by atoms with E-state index >= 15 is 0 Å². The Hall–Kier alpha value is -3.14. The number of hydrogen-bond acceptors (Lipinski definition) is 8. The molecule has 174 valence electrons. The van der Waals surface area contributed by atoms with Crippen LogP contribution < -0.4 is 4.74 Å². The molecule has 6 N–H and O–H groups in total. The van der Waals surface area contributed by atoms with E-state index in [1.165, 1.54) is 6.07 Å². The van der Waals surface area contributed by atoms with Crippen molar-refractivity contribution in [3.63, 3.8) is 0 Å². The van der Waals surface area contributed by atoms with Crippen LogP contribution in [0.25, 0.3) is 22.3 Å². The number of phenols is 2. The zero-order chi connectivity index (χ0) is 23.7. The summed E-state index contributed by atoms with van der Waals surface area (Å²) >= 11 is 0. The summed E-state index contributed by atoms with van der Waals surface area (Å²) < 4.78 is 11.3. The Morgan fingerprint density at radius 1 is 0.848 bits per heavy atom. The Bertz CT molecular complexity index is 1100. The lowest BCUT2D eigenvalue weighted by molar-refractivity contribution is -0.277. The average Bonchev–Trinajstić information content (AvgIpc) is 2.82. The van der Waals surface area contributed by atoms with Crippen molar-refractivity contribution < 1.29 is 40.1 Å². The van der Waals surface area contributed by atoms with E-state index in [9.17, 15) is 30.6 Å². The topological polar surface area (TPSA) is 140 Å². The molecule has 5 atom stereocenters. The number of aromatic hydroxyl groups is 2. The molecule has 1 saturated heterocycles. The lowest BCUT2D eigenvalue weighted by Crippen LogP contribution is -2.60. The van der Waals surface area contributed by atoms with Gasteiger partial charge in [-0.15, -0.1) is 0 Å². The number of aliphatic hydroxyl groups is 4. The molecule has 3 aromatic carbocycles. The average molecular weight is 454 g/mol. The van der Waals surface area contributed by atoms with Gasteiger partial charge in [-0.25, -0.2) is 0 Å². The van der Waals surface area contributed by atoms with Gasteiger partial charge in [-0.3, -0.25) is 0 Å². The van der Waals surface area contributed by atoms with E-state index in [-0.39, 0.29) is 17.1 Å². The SMILES string of the molecule is Cc1ccc(-c2c(O)cc(-c3ccccc3)c(OC3OC(CO)C(O)C(O)C3O)c2O)cc1. The zero-order valence-corrected chi connectivity index (χ0v) is 17.9. The fourth-order valence-electron chi connectivity index (χ4n) is 3.87. The van der Waals surface area contributed by atoms with Gasteiger partial charge in [0.25, 0.3) is 0 Å². The van der Waals surface area contributed by atoms with Gasteiger partial charge in [0, 0.05) is 5.56 Å². The maximum atomic E-state index is 11.2. The molecule has 0 aromatic heterocycles. The molecule has 5 unspecified atom stereocenters. The van der Waals surface area contributed by atoms with Gasteiger partial charge < -0.3 is 40.1 Å². The molecule has 0 spiro atoms. The third-order valence-corrected chi connectivity index (χ3v) is 5.74. The summed E-state index contributed by atoms with van der Waals surface area (Å²) in [6.45, 7) is 1.29. The normalized spacial score (nSPS) is 25.1. The van der Waals surface area contributed by atoms with E-state index in [4.69, 9.17) is 9.47 Å². The number of hydrogen-bond donors (Lipinski definition) is 6. The zero-order valence-electron chi connectivity index (χ0n) is 17.9. The highest BCUT2D eigenvalue weighted by Crippen LogP contribution is 2.49. The van der Waals surface area contributed by atoms with Crippen molar-refractivity contribution >= 4 is 0 Å². The summed E-state index contributed by atoms with van der Waals surface area (Å²) in [6, 6.07) is 17.4. The molecule has 0 aliphatic carbocycles. The van der Waals surface area contributed by atoms with Gasteiger partial charge in [0.2, 0.25) is 6.29 Å². The fraction of sp³-hybridized carbons (Fsp3) is 0.280. The molecule has 1 fully saturated rings. The van der Waals surface area contributed by atoms with E-state index in [0.29, 0.717) is 16.7 Å². The summed E-state index contributed by atoms with van der Waals surface area (Å²) in [5, 5.41) is 62.1. The lowest BCUT2D eigenvalue weighted by atomic mass is 9.95. The Balaban J connectivity index is 1.84. The first kappa shape index (κ1) is 23.0. The van der Waals surface area contributed by atoms with Gasteiger partial charge in [0.15, 0.2) is 11.5 Å². The predicted molar refractivity (Wildman–Crippen MR) is 120 cm³/mol. The minimum atomic E-state index is -1.66. The molecule has 1 aliphatic heterocycles. The largest absolute Gasteiger partial charge is 0.507 e. The van der Waals surface area contributed by atoms with Crippen molar-refractivity contribution in [3.05, 3.63) is 66.2 Å². The van der Waals surface area contributed by atoms with E-state index < -0.39 is 43.1 Å². The van der Waals surface area contributed by atoms with Crippen LogP contribution in [0.5, 0.6) is 17.2 Å². The van der Waals surface area contributed by atoms with Crippen LogP contribution in [-0.4, -0.2) is 68.0 Å². The van der Waals surface area contributed by atoms with Crippen LogP contribution >= 0.6 is 0 Å². The third-order valence-electron chi connectivity index (χ3n) is 5.74. The second kappa shape index (κ2) is 9.38. The predicted octanol–water partition coefficient (Wildman–Crippen LogP) is 1.92. The molecule has 4 rings (SSSR count). The molecule has 0 saturated carbocycles. The van der Waals surface area contributed by atoms with Crippen molar-refractivity contribution in [1.82, 2.24) is 0 Å². The van der Waals surface area contributed by atoms with Crippen molar-refractivity contribution in [1.29, 1.82) is 0 Å². The molecule has 1 aliphatic rings. The maximum Gasteiger partial charge on any atom is 0.229 e. The van der Waals surface area contributed by atoms with Gasteiger partial charge in [0.1, 0.15) is 30.2 Å². The molecule has 33 heavy (non-hydrogen) atoms. The Labute approximate surface area is 190 Å².